The van der Waals surface area contributed by atoms with Crippen molar-refractivity contribution in [2.45, 2.75) is 19.3 Å². The van der Waals surface area contributed by atoms with E-state index < -0.39 is 17.8 Å². The predicted molar refractivity (Wildman–Crippen MR) is 69.0 cm³/mol. The van der Waals surface area contributed by atoms with Gasteiger partial charge in [-0.05, 0) is 31.0 Å². The van der Waals surface area contributed by atoms with Crippen LogP contribution in [0.5, 0.6) is 0 Å². The maximum Gasteiger partial charge on any atom is 0.315 e. The van der Waals surface area contributed by atoms with E-state index in [1.165, 1.54) is 0 Å². The Kier molecular flexibility index (Phi) is 3.94. The quantitative estimate of drug-likeness (QED) is 0.928. The van der Waals surface area contributed by atoms with Gasteiger partial charge in [0, 0.05) is 23.8 Å². The molecule has 0 saturated carbocycles. The van der Waals surface area contributed by atoms with E-state index in [9.17, 15) is 13.6 Å². The van der Waals surface area contributed by atoms with Gasteiger partial charge >= 0.3 is 5.97 Å². The molecule has 104 valence electrons. The zero-order valence-corrected chi connectivity index (χ0v) is 10.9. The minimum atomic E-state index is -2.84. The van der Waals surface area contributed by atoms with Crippen LogP contribution in [-0.2, 0) is 4.79 Å². The molecule has 3 nitrogen and oxygen atoms in total. The molecule has 0 spiro atoms. The summed E-state index contributed by atoms with van der Waals surface area (Å²) in [6.07, 6.45) is -2.97. The number of aliphatic carboxylic acids is 1. The van der Waals surface area contributed by atoms with Crippen molar-refractivity contribution in [3.05, 3.63) is 29.3 Å². The lowest BCUT2D eigenvalue weighted by Crippen LogP contribution is -2.48. The van der Waals surface area contributed by atoms with Gasteiger partial charge in [-0.15, -0.1) is 0 Å². The highest BCUT2D eigenvalue weighted by atomic mass is 35.5. The number of hydrogen-bond donors (Lipinski definition) is 1. The monoisotopic (exact) mass is 289 g/mol. The van der Waals surface area contributed by atoms with E-state index in [-0.39, 0.29) is 25.9 Å². The fourth-order valence-corrected chi connectivity index (χ4v) is 2.55. The Morgan fingerprint density at radius 2 is 2.00 bits per heavy atom. The topological polar surface area (TPSA) is 40.5 Å². The summed E-state index contributed by atoms with van der Waals surface area (Å²) in [5.41, 5.74) is -1.07. The molecule has 2 rings (SSSR count). The number of carboxylic acids is 1. The summed E-state index contributed by atoms with van der Waals surface area (Å²) in [6, 6.07) is 7.10. The molecule has 0 unspecified atom stereocenters. The van der Waals surface area contributed by atoms with Gasteiger partial charge in [-0.1, -0.05) is 17.7 Å². The van der Waals surface area contributed by atoms with Crippen LogP contribution in [0.4, 0.5) is 14.5 Å². The lowest BCUT2D eigenvalue weighted by atomic mass is 9.78. The number of nitrogens with zero attached hydrogens (tertiary/aromatic N) is 1. The van der Waals surface area contributed by atoms with Crippen LogP contribution in [-0.4, -0.2) is 30.6 Å². The van der Waals surface area contributed by atoms with E-state index in [2.05, 4.69) is 0 Å². The second-order valence-corrected chi connectivity index (χ2v) is 5.17. The average Bonchev–Trinajstić information content (AvgIpc) is 2.38. The number of anilines is 1. The number of carboxylic acid groups (broad SMARTS) is 1. The van der Waals surface area contributed by atoms with Crippen molar-refractivity contribution in [2.24, 2.45) is 5.41 Å². The number of carbonyl (C=O) groups is 1. The highest BCUT2D eigenvalue weighted by Crippen LogP contribution is 2.39. The molecule has 19 heavy (non-hydrogen) atoms. The van der Waals surface area contributed by atoms with Crippen LogP contribution in [0, 0.1) is 5.41 Å². The molecule has 1 heterocycles. The molecule has 6 heteroatoms. The first-order valence-electron chi connectivity index (χ1n) is 5.98. The van der Waals surface area contributed by atoms with Crippen LogP contribution in [0.3, 0.4) is 0 Å². The van der Waals surface area contributed by atoms with Crippen LogP contribution in [0.15, 0.2) is 24.3 Å². The average molecular weight is 290 g/mol. The summed E-state index contributed by atoms with van der Waals surface area (Å²) in [6.45, 7) is 0.577. The van der Waals surface area contributed by atoms with Crippen LogP contribution >= 0.6 is 11.6 Å². The van der Waals surface area contributed by atoms with Gasteiger partial charge in [-0.25, -0.2) is 8.78 Å². The molecule has 0 atom stereocenters. The zero-order valence-electron chi connectivity index (χ0n) is 10.2. The molecule has 1 aliphatic rings. The normalized spacial score (nSPS) is 18.6. The van der Waals surface area contributed by atoms with Crippen molar-refractivity contribution < 1.29 is 18.7 Å². The third-order valence-corrected chi connectivity index (χ3v) is 3.91. The molecule has 1 aromatic carbocycles. The molecule has 0 bridgehead atoms. The van der Waals surface area contributed by atoms with Gasteiger partial charge in [0.25, 0.3) is 6.43 Å². The van der Waals surface area contributed by atoms with Crippen molar-refractivity contribution in [1.29, 1.82) is 0 Å². The van der Waals surface area contributed by atoms with Gasteiger partial charge in [0.1, 0.15) is 5.41 Å². The summed E-state index contributed by atoms with van der Waals surface area (Å²) in [7, 11) is 0. The van der Waals surface area contributed by atoms with Crippen LogP contribution in [0.1, 0.15) is 12.8 Å². The fraction of sp³-hybridized carbons (Fsp3) is 0.462. The Morgan fingerprint density at radius 1 is 1.37 bits per heavy atom. The van der Waals surface area contributed by atoms with Crippen molar-refractivity contribution in [1.82, 2.24) is 0 Å². The van der Waals surface area contributed by atoms with Crippen LogP contribution in [0.2, 0.25) is 5.02 Å². The molecule has 1 N–H and O–H groups in total. The number of halogens is 3. The molecule has 1 saturated heterocycles. The van der Waals surface area contributed by atoms with Crippen molar-refractivity contribution >= 4 is 23.3 Å². The summed E-state index contributed by atoms with van der Waals surface area (Å²) in [5, 5.41) is 9.61. The minimum Gasteiger partial charge on any atom is -0.481 e. The lowest BCUT2D eigenvalue weighted by molar-refractivity contribution is -0.161. The van der Waals surface area contributed by atoms with Gasteiger partial charge in [-0.3, -0.25) is 4.79 Å². The Balaban J connectivity index is 2.12. The first-order chi connectivity index (χ1) is 8.95. The summed E-state index contributed by atoms with van der Waals surface area (Å²) in [5.74, 6) is -1.41. The summed E-state index contributed by atoms with van der Waals surface area (Å²) in [4.78, 5) is 13.0. The smallest absolute Gasteiger partial charge is 0.315 e. The van der Waals surface area contributed by atoms with E-state index in [0.717, 1.165) is 5.69 Å². The van der Waals surface area contributed by atoms with Crippen LogP contribution in [0.25, 0.3) is 0 Å². The molecular formula is C13H14ClF2NO2. The maximum atomic E-state index is 13.0. The Morgan fingerprint density at radius 3 is 2.47 bits per heavy atom. The van der Waals surface area contributed by atoms with E-state index >= 15 is 0 Å². The first-order valence-corrected chi connectivity index (χ1v) is 6.35. The van der Waals surface area contributed by atoms with Gasteiger partial charge in [0.05, 0.1) is 0 Å². The Hall–Kier alpha value is -1.36. The van der Waals surface area contributed by atoms with E-state index in [1.54, 1.807) is 18.2 Å². The number of hydrogen-bond acceptors (Lipinski definition) is 2. The van der Waals surface area contributed by atoms with Crippen molar-refractivity contribution in [2.75, 3.05) is 18.0 Å². The van der Waals surface area contributed by atoms with Gasteiger partial charge in [0.2, 0.25) is 0 Å². The fourth-order valence-electron chi connectivity index (χ4n) is 2.36. The Labute approximate surface area is 114 Å². The SMILES string of the molecule is O=C(O)C1(C(F)F)CCN(c2cccc(Cl)c2)CC1. The second kappa shape index (κ2) is 5.33. The number of benzene rings is 1. The third kappa shape index (κ3) is 2.66. The number of alkyl halides is 2. The molecule has 0 aliphatic carbocycles. The maximum absolute atomic E-state index is 13.0. The van der Waals surface area contributed by atoms with E-state index in [1.807, 2.05) is 11.0 Å². The molecule has 1 aliphatic heterocycles. The summed E-state index contributed by atoms with van der Waals surface area (Å²) >= 11 is 5.88. The number of piperidine rings is 1. The van der Waals surface area contributed by atoms with Gasteiger partial charge < -0.3 is 10.0 Å². The molecule has 1 fully saturated rings. The van der Waals surface area contributed by atoms with Gasteiger partial charge in [-0.2, -0.15) is 0 Å². The van der Waals surface area contributed by atoms with E-state index in [0.29, 0.717) is 5.02 Å². The molecular weight excluding hydrogens is 276 g/mol. The largest absolute Gasteiger partial charge is 0.481 e. The second-order valence-electron chi connectivity index (χ2n) is 4.73. The molecule has 0 amide bonds. The zero-order chi connectivity index (χ0) is 14.0. The first kappa shape index (κ1) is 14.1. The standard InChI is InChI=1S/C13H14ClF2NO2/c14-9-2-1-3-10(8-9)17-6-4-13(5-7-17,11(15)16)12(18)19/h1-3,8,11H,4-7H2,(H,18,19). The minimum absolute atomic E-state index is 0.0630. The molecule has 0 radical (unpaired) electrons. The Bertz CT molecular complexity index is 473. The third-order valence-electron chi connectivity index (χ3n) is 3.67. The van der Waals surface area contributed by atoms with E-state index in [4.69, 9.17) is 16.7 Å². The predicted octanol–water partition coefficient (Wildman–Crippen LogP) is 3.28. The van der Waals surface area contributed by atoms with Crippen LogP contribution < -0.4 is 4.90 Å². The molecule has 0 aromatic heterocycles. The van der Waals surface area contributed by atoms with Gasteiger partial charge in [0.15, 0.2) is 0 Å². The van der Waals surface area contributed by atoms with Crippen molar-refractivity contribution in [3.8, 4) is 0 Å². The lowest BCUT2D eigenvalue weighted by Gasteiger charge is -2.39. The summed E-state index contributed by atoms with van der Waals surface area (Å²) < 4.78 is 26.0. The highest BCUT2D eigenvalue weighted by molar-refractivity contribution is 6.30. The van der Waals surface area contributed by atoms with Crippen molar-refractivity contribution in [3.63, 3.8) is 0 Å². The number of rotatable bonds is 3. The highest BCUT2D eigenvalue weighted by Gasteiger charge is 2.49. The molecule has 1 aromatic rings.